The van der Waals surface area contributed by atoms with Gasteiger partial charge in [-0.15, -0.1) is 0 Å². The molecule has 0 rings (SSSR count). The average Bonchev–Trinajstić information content (AvgIpc) is 3.42. The number of carbonyl (C=O) groups excluding carboxylic acids is 3. The minimum atomic E-state index is -1.62. The minimum absolute atomic E-state index is 0.149. The molecule has 0 fully saturated rings. The van der Waals surface area contributed by atoms with E-state index in [0.29, 0.717) is 11.0 Å². The number of hydrogen-bond acceptors (Lipinski definition) is 8. The van der Waals surface area contributed by atoms with E-state index < -0.39 is 24.3 Å². The van der Waals surface area contributed by atoms with Crippen LogP contribution in [0.15, 0.2) is 24.3 Å². The molecule has 2 atom stereocenters. The topological polar surface area (TPSA) is 111 Å². The van der Waals surface area contributed by atoms with Gasteiger partial charge in [0.1, 0.15) is 13.2 Å². The molecule has 0 spiro atoms. The number of quaternary nitrogens is 1. The van der Waals surface area contributed by atoms with Crippen LogP contribution in [0, 0.1) is 0 Å². The van der Waals surface area contributed by atoms with Crippen LogP contribution in [0.1, 0.15) is 348 Å². The molecule has 9 nitrogen and oxygen atoms in total. The van der Waals surface area contributed by atoms with Gasteiger partial charge in [-0.25, -0.2) is 0 Å². The predicted octanol–water partition coefficient (Wildman–Crippen LogP) is 19.7. The number of nitrogens with zero attached hydrogens (tertiary/aromatic N) is 1. The summed E-state index contributed by atoms with van der Waals surface area (Å²) < 4.78 is 22.7. The first-order chi connectivity index (χ1) is 38.6. The van der Waals surface area contributed by atoms with Crippen molar-refractivity contribution >= 4 is 17.9 Å². The zero-order chi connectivity index (χ0) is 57.6. The molecule has 0 N–H and O–H groups in total. The van der Waals surface area contributed by atoms with Gasteiger partial charge in [-0.05, 0) is 64.2 Å². The number of esters is 2. The average molecular weight is 1120 g/mol. The summed E-state index contributed by atoms with van der Waals surface area (Å²) >= 11 is 0. The number of carboxylic acid groups (broad SMARTS) is 1. The monoisotopic (exact) mass is 1120 g/mol. The Morgan fingerprint density at radius 1 is 0.367 bits per heavy atom. The Labute approximate surface area is 490 Å². The van der Waals surface area contributed by atoms with E-state index in [1.165, 1.54) is 263 Å². The highest BCUT2D eigenvalue weighted by Crippen LogP contribution is 2.19. The highest BCUT2D eigenvalue weighted by Gasteiger charge is 2.22. The van der Waals surface area contributed by atoms with Crippen molar-refractivity contribution < 1.29 is 42.9 Å². The quantitative estimate of drug-likeness (QED) is 0.0195. The van der Waals surface area contributed by atoms with E-state index >= 15 is 0 Å². The first-order valence-electron chi connectivity index (χ1n) is 34.5. The van der Waals surface area contributed by atoms with E-state index in [2.05, 4.69) is 38.2 Å². The van der Waals surface area contributed by atoms with Crippen molar-refractivity contribution in [3.8, 4) is 0 Å². The van der Waals surface area contributed by atoms with E-state index in [-0.39, 0.29) is 38.6 Å². The van der Waals surface area contributed by atoms with Crippen molar-refractivity contribution in [1.29, 1.82) is 0 Å². The maximum absolute atomic E-state index is 12.9. The molecule has 0 aromatic carbocycles. The van der Waals surface area contributed by atoms with Gasteiger partial charge >= 0.3 is 11.9 Å². The largest absolute Gasteiger partial charge is 0.545 e. The van der Waals surface area contributed by atoms with Crippen LogP contribution in [-0.2, 0) is 33.3 Å². The highest BCUT2D eigenvalue weighted by atomic mass is 16.7. The van der Waals surface area contributed by atoms with Gasteiger partial charge in [0.15, 0.2) is 12.4 Å². The van der Waals surface area contributed by atoms with Crippen molar-refractivity contribution in [2.24, 2.45) is 0 Å². The SMILES string of the molecule is CCCCCC/C=C\CCCCCCCC(=O)OCC(COC(OCC[N+](C)(C)C)C(=O)[O-])OC(=O)CCCCCCCCCCCCCCCCCCCCCCCCCCCCCCC/C=C\CCCCCCCCCC. The lowest BCUT2D eigenvalue weighted by Crippen LogP contribution is -2.44. The standard InChI is InChI=1S/C70H133NO8/c1-6-8-10-12-14-16-18-20-21-22-23-24-25-26-27-28-29-30-31-32-33-34-35-36-37-38-39-40-41-42-43-44-45-46-47-49-51-53-55-57-59-61-68(73)79-66(65-78-70(69(74)75)76-63-62-71(3,4)5)64-77-67(72)60-58-56-54-52-50-48-19-17-15-13-11-9-7-2/h17,19,22-23,66,70H,6-16,18,20-21,24-65H2,1-5H3/b19-17-,23-22-. The molecule has 0 heterocycles. The van der Waals surface area contributed by atoms with Crippen molar-refractivity contribution in [2.45, 2.75) is 360 Å². The molecule has 9 heteroatoms. The van der Waals surface area contributed by atoms with E-state index in [1.807, 2.05) is 21.1 Å². The molecule has 0 aliphatic carbocycles. The van der Waals surface area contributed by atoms with Crippen LogP contribution in [0.4, 0.5) is 0 Å². The normalized spacial score (nSPS) is 12.8. The van der Waals surface area contributed by atoms with Crippen molar-refractivity contribution in [3.63, 3.8) is 0 Å². The number of ether oxygens (including phenoxy) is 4. The van der Waals surface area contributed by atoms with Crippen LogP contribution in [-0.4, -0.2) is 82.3 Å². The molecule has 466 valence electrons. The summed E-state index contributed by atoms with van der Waals surface area (Å²) in [5, 5.41) is 11.8. The molecule has 79 heavy (non-hydrogen) atoms. The zero-order valence-electron chi connectivity index (χ0n) is 53.3. The van der Waals surface area contributed by atoms with Crippen LogP contribution in [0.3, 0.4) is 0 Å². The summed E-state index contributed by atoms with van der Waals surface area (Å²) in [4.78, 5) is 37.3. The smallest absolute Gasteiger partial charge is 0.306 e. The fraction of sp³-hybridized carbons (Fsp3) is 0.900. The van der Waals surface area contributed by atoms with Gasteiger partial charge < -0.3 is 33.3 Å². The van der Waals surface area contributed by atoms with Gasteiger partial charge in [0, 0.05) is 12.8 Å². The fourth-order valence-electron chi connectivity index (χ4n) is 10.4. The lowest BCUT2D eigenvalue weighted by atomic mass is 10.0. The molecule has 0 aromatic rings. The third kappa shape index (κ3) is 63.2. The van der Waals surface area contributed by atoms with Crippen LogP contribution < -0.4 is 5.11 Å². The van der Waals surface area contributed by atoms with Crippen LogP contribution in [0.25, 0.3) is 0 Å². The van der Waals surface area contributed by atoms with Gasteiger partial charge in [0.2, 0.25) is 0 Å². The second-order valence-corrected chi connectivity index (χ2v) is 24.8. The molecule has 2 unspecified atom stereocenters. The Morgan fingerprint density at radius 2 is 0.646 bits per heavy atom. The fourth-order valence-corrected chi connectivity index (χ4v) is 10.4. The maximum atomic E-state index is 12.9. The number of carboxylic acids is 1. The van der Waals surface area contributed by atoms with Crippen LogP contribution >= 0.6 is 0 Å². The number of carbonyl (C=O) groups is 3. The Morgan fingerprint density at radius 3 is 0.949 bits per heavy atom. The number of unbranched alkanes of at least 4 members (excludes halogenated alkanes) is 46. The lowest BCUT2D eigenvalue weighted by Gasteiger charge is -2.26. The molecule has 0 aliphatic heterocycles. The van der Waals surface area contributed by atoms with Crippen molar-refractivity contribution in [2.75, 3.05) is 47.5 Å². The van der Waals surface area contributed by atoms with E-state index in [9.17, 15) is 19.5 Å². The molecule has 0 bridgehead atoms. The van der Waals surface area contributed by atoms with Crippen molar-refractivity contribution in [1.82, 2.24) is 0 Å². The Balaban J connectivity index is 3.86. The molecule has 0 saturated heterocycles. The second-order valence-electron chi connectivity index (χ2n) is 24.8. The molecule has 0 aromatic heterocycles. The van der Waals surface area contributed by atoms with E-state index in [1.54, 1.807) is 0 Å². The molecule has 0 radical (unpaired) electrons. The summed E-state index contributed by atoms with van der Waals surface area (Å²) in [5.74, 6) is -2.27. The first kappa shape index (κ1) is 76.8. The summed E-state index contributed by atoms with van der Waals surface area (Å²) in [7, 11) is 5.93. The zero-order valence-corrected chi connectivity index (χ0v) is 53.3. The number of rotatable bonds is 65. The summed E-state index contributed by atoms with van der Waals surface area (Å²) in [6.07, 6.45) is 73.0. The third-order valence-corrected chi connectivity index (χ3v) is 15.7. The molecule has 0 aliphatic rings. The maximum Gasteiger partial charge on any atom is 0.306 e. The number of aliphatic carboxylic acids is 1. The van der Waals surface area contributed by atoms with Gasteiger partial charge in [0.05, 0.1) is 40.3 Å². The van der Waals surface area contributed by atoms with Gasteiger partial charge in [-0.3, -0.25) is 9.59 Å². The van der Waals surface area contributed by atoms with Gasteiger partial charge in [-0.1, -0.05) is 295 Å². The van der Waals surface area contributed by atoms with Crippen molar-refractivity contribution in [3.05, 3.63) is 24.3 Å². The minimum Gasteiger partial charge on any atom is -0.545 e. The third-order valence-electron chi connectivity index (χ3n) is 15.7. The number of hydrogen-bond donors (Lipinski definition) is 0. The Hall–Kier alpha value is -2.23. The summed E-state index contributed by atoms with van der Waals surface area (Å²) in [6, 6.07) is 0. The molecular formula is C70H133NO8. The summed E-state index contributed by atoms with van der Waals surface area (Å²) in [5.41, 5.74) is 0. The van der Waals surface area contributed by atoms with E-state index in [0.717, 1.165) is 57.8 Å². The van der Waals surface area contributed by atoms with Crippen LogP contribution in [0.5, 0.6) is 0 Å². The predicted molar refractivity (Wildman–Crippen MR) is 334 cm³/mol. The van der Waals surface area contributed by atoms with Crippen LogP contribution in [0.2, 0.25) is 0 Å². The lowest BCUT2D eigenvalue weighted by molar-refractivity contribution is -0.870. The highest BCUT2D eigenvalue weighted by molar-refractivity contribution is 5.70. The Bertz CT molecular complexity index is 1340. The first-order valence-corrected chi connectivity index (χ1v) is 34.5. The van der Waals surface area contributed by atoms with Gasteiger partial charge in [0.25, 0.3) is 0 Å². The number of likely N-dealkylation sites (N-methyl/N-ethyl adjacent to an activating group) is 1. The number of allylic oxidation sites excluding steroid dienone is 4. The molecule has 0 saturated carbocycles. The second kappa shape index (κ2) is 61.8. The summed E-state index contributed by atoms with van der Waals surface area (Å²) in [6.45, 7) is 4.77. The molecular weight excluding hydrogens is 983 g/mol. The molecule has 0 amide bonds. The Kier molecular flexibility index (Phi) is 60.1. The van der Waals surface area contributed by atoms with E-state index in [4.69, 9.17) is 18.9 Å². The van der Waals surface area contributed by atoms with Gasteiger partial charge in [-0.2, -0.15) is 0 Å².